The van der Waals surface area contributed by atoms with E-state index < -0.39 is 10.0 Å². The van der Waals surface area contributed by atoms with Gasteiger partial charge in [-0.2, -0.15) is 9.40 Å². The Hall–Kier alpha value is -0.960. The van der Waals surface area contributed by atoms with Crippen molar-refractivity contribution >= 4 is 10.0 Å². The number of nitrogens with two attached hydrogens (primary N) is 1. The second-order valence-electron chi connectivity index (χ2n) is 5.37. The van der Waals surface area contributed by atoms with E-state index in [2.05, 4.69) is 28.9 Å². The number of nitrogens with one attached hydrogen (secondary N) is 1. The van der Waals surface area contributed by atoms with E-state index >= 15 is 0 Å². The minimum Gasteiger partial charge on any atom is -0.326 e. The monoisotopic (exact) mass is 301 g/mol. The normalized spacial score (nSPS) is 18.9. The molecule has 0 radical (unpaired) electrons. The highest BCUT2D eigenvalue weighted by molar-refractivity contribution is 7.89. The third-order valence-corrected chi connectivity index (χ3v) is 5.70. The number of hydrogen-bond acceptors (Lipinski definition) is 5. The molecule has 0 bridgehead atoms. The van der Waals surface area contributed by atoms with E-state index in [0.29, 0.717) is 30.4 Å². The van der Waals surface area contributed by atoms with Crippen LogP contribution in [0, 0.1) is 6.92 Å². The van der Waals surface area contributed by atoms with E-state index in [-0.39, 0.29) is 11.6 Å². The average Bonchev–Trinajstić information content (AvgIpc) is 2.80. The highest BCUT2D eigenvalue weighted by Crippen LogP contribution is 2.21. The number of aryl methyl sites for hydroxylation is 1. The summed E-state index contributed by atoms with van der Waals surface area (Å²) in [6.07, 6.45) is 0. The molecule has 0 spiro atoms. The van der Waals surface area contributed by atoms with Gasteiger partial charge in [0, 0.05) is 50.0 Å². The summed E-state index contributed by atoms with van der Waals surface area (Å²) in [6, 6.07) is 0.437. The van der Waals surface area contributed by atoms with Crippen molar-refractivity contribution in [3.8, 4) is 0 Å². The van der Waals surface area contributed by atoms with Gasteiger partial charge in [0.2, 0.25) is 0 Å². The molecule has 2 rings (SSSR count). The van der Waals surface area contributed by atoms with Crippen molar-refractivity contribution in [3.63, 3.8) is 0 Å². The number of nitrogens with zero attached hydrogens (tertiary/aromatic N) is 3. The Balaban J connectivity index is 2.20. The topological polar surface area (TPSA) is 95.3 Å². The van der Waals surface area contributed by atoms with Crippen LogP contribution in [0.2, 0.25) is 0 Å². The Morgan fingerprint density at radius 3 is 2.40 bits per heavy atom. The van der Waals surface area contributed by atoms with Gasteiger partial charge in [-0.25, -0.2) is 8.42 Å². The molecule has 1 aromatic heterocycles. The molecule has 1 aliphatic heterocycles. The second kappa shape index (κ2) is 5.80. The molecule has 1 aliphatic rings. The van der Waals surface area contributed by atoms with Crippen LogP contribution in [0.15, 0.2) is 5.03 Å². The zero-order chi connectivity index (χ0) is 14.9. The van der Waals surface area contributed by atoms with Gasteiger partial charge in [-0.3, -0.25) is 10.00 Å². The molecule has 20 heavy (non-hydrogen) atoms. The second-order valence-corrected chi connectivity index (χ2v) is 7.22. The largest absolute Gasteiger partial charge is 0.326 e. The van der Waals surface area contributed by atoms with Gasteiger partial charge in [0.15, 0.2) is 5.03 Å². The molecule has 114 valence electrons. The lowest BCUT2D eigenvalue weighted by Gasteiger charge is -2.35. The first-order valence-electron chi connectivity index (χ1n) is 6.86. The van der Waals surface area contributed by atoms with Crippen molar-refractivity contribution in [1.29, 1.82) is 0 Å². The lowest BCUT2D eigenvalue weighted by molar-refractivity contribution is 0.154. The third kappa shape index (κ3) is 2.73. The van der Waals surface area contributed by atoms with Crippen molar-refractivity contribution in [3.05, 3.63) is 11.3 Å². The molecule has 7 nitrogen and oxygen atoms in total. The van der Waals surface area contributed by atoms with E-state index in [1.165, 1.54) is 4.31 Å². The molecular formula is C12H23N5O2S. The van der Waals surface area contributed by atoms with Gasteiger partial charge in [0.25, 0.3) is 10.0 Å². The fourth-order valence-electron chi connectivity index (χ4n) is 2.47. The maximum absolute atomic E-state index is 12.6. The summed E-state index contributed by atoms with van der Waals surface area (Å²) in [4.78, 5) is 2.27. The molecule has 3 N–H and O–H groups in total. The average molecular weight is 301 g/mol. The smallest absolute Gasteiger partial charge is 0.262 e. The first-order chi connectivity index (χ1) is 9.37. The van der Waals surface area contributed by atoms with Gasteiger partial charge in [0.05, 0.1) is 0 Å². The Morgan fingerprint density at radius 2 is 1.90 bits per heavy atom. The molecule has 0 aromatic carbocycles. The number of sulfonamides is 1. The molecule has 0 atom stereocenters. The van der Waals surface area contributed by atoms with Crippen LogP contribution in [0.25, 0.3) is 0 Å². The van der Waals surface area contributed by atoms with Crippen LogP contribution in [0.5, 0.6) is 0 Å². The van der Waals surface area contributed by atoms with Crippen molar-refractivity contribution in [2.45, 2.75) is 38.4 Å². The maximum Gasteiger partial charge on any atom is 0.262 e. The number of rotatable bonds is 4. The number of aromatic nitrogens is 2. The summed E-state index contributed by atoms with van der Waals surface area (Å²) < 4.78 is 26.8. The predicted octanol–water partition coefficient (Wildman–Crippen LogP) is -0.108. The van der Waals surface area contributed by atoms with Crippen molar-refractivity contribution in [2.24, 2.45) is 5.73 Å². The zero-order valence-electron chi connectivity index (χ0n) is 12.3. The van der Waals surface area contributed by atoms with Gasteiger partial charge in [-0.15, -0.1) is 0 Å². The summed E-state index contributed by atoms with van der Waals surface area (Å²) in [5.74, 6) is 0. The summed E-state index contributed by atoms with van der Waals surface area (Å²) >= 11 is 0. The molecule has 0 unspecified atom stereocenters. The number of H-pyrrole nitrogens is 1. The first kappa shape index (κ1) is 15.4. The molecular weight excluding hydrogens is 278 g/mol. The third-order valence-electron chi connectivity index (χ3n) is 3.83. The number of hydrogen-bond donors (Lipinski definition) is 2. The van der Waals surface area contributed by atoms with Crippen molar-refractivity contribution in [1.82, 2.24) is 19.4 Å². The summed E-state index contributed by atoms with van der Waals surface area (Å²) in [5.41, 5.74) is 6.93. The van der Waals surface area contributed by atoms with E-state index in [9.17, 15) is 8.42 Å². The highest BCUT2D eigenvalue weighted by Gasteiger charge is 2.33. The molecule has 1 saturated heterocycles. The van der Waals surface area contributed by atoms with E-state index in [1.807, 2.05) is 0 Å². The Kier molecular flexibility index (Phi) is 4.48. The fraction of sp³-hybridized carbons (Fsp3) is 0.750. The van der Waals surface area contributed by atoms with Crippen LogP contribution in [0.3, 0.4) is 0 Å². The van der Waals surface area contributed by atoms with Crippen LogP contribution in [-0.4, -0.2) is 60.0 Å². The van der Waals surface area contributed by atoms with E-state index in [4.69, 9.17) is 5.73 Å². The summed E-state index contributed by atoms with van der Waals surface area (Å²) in [7, 11) is -3.55. The maximum atomic E-state index is 12.6. The standard InChI is InChI=1S/C12H23N5O2S/c1-9(2)16-4-6-17(7-5-16)20(18,19)12-11(8-13)10(3)14-15-12/h9H,4-8,13H2,1-3H3,(H,14,15). The lowest BCUT2D eigenvalue weighted by atomic mass is 10.3. The first-order valence-corrected chi connectivity index (χ1v) is 8.30. The Bertz CT molecular complexity index is 558. The predicted molar refractivity (Wildman–Crippen MR) is 76.7 cm³/mol. The van der Waals surface area contributed by atoms with Crippen molar-refractivity contribution in [2.75, 3.05) is 26.2 Å². The highest BCUT2D eigenvalue weighted by atomic mass is 32.2. The molecule has 2 heterocycles. The van der Waals surface area contributed by atoms with Crippen LogP contribution < -0.4 is 5.73 Å². The molecule has 8 heteroatoms. The Labute approximate surface area is 120 Å². The van der Waals surface area contributed by atoms with E-state index in [0.717, 1.165) is 13.1 Å². The van der Waals surface area contributed by atoms with Crippen LogP contribution in [-0.2, 0) is 16.6 Å². The Morgan fingerprint density at radius 1 is 1.30 bits per heavy atom. The van der Waals surface area contributed by atoms with Crippen molar-refractivity contribution < 1.29 is 8.42 Å². The molecule has 1 fully saturated rings. The van der Waals surface area contributed by atoms with E-state index in [1.54, 1.807) is 6.92 Å². The SMILES string of the molecule is Cc1[nH]nc(S(=O)(=O)N2CCN(C(C)C)CC2)c1CN. The molecule has 1 aromatic rings. The van der Waals surface area contributed by atoms with Gasteiger partial charge in [-0.1, -0.05) is 0 Å². The van der Waals surface area contributed by atoms with Gasteiger partial charge < -0.3 is 5.73 Å². The number of aromatic amines is 1. The summed E-state index contributed by atoms with van der Waals surface area (Å²) in [6.45, 7) is 8.68. The quantitative estimate of drug-likeness (QED) is 0.809. The summed E-state index contributed by atoms with van der Waals surface area (Å²) in [5, 5.41) is 6.73. The van der Waals surface area contributed by atoms with Crippen LogP contribution in [0.4, 0.5) is 0 Å². The van der Waals surface area contributed by atoms with Gasteiger partial charge in [-0.05, 0) is 20.8 Å². The minimum atomic E-state index is -3.55. The molecule has 0 saturated carbocycles. The number of piperazine rings is 1. The van der Waals surface area contributed by atoms with Gasteiger partial charge >= 0.3 is 0 Å². The molecule has 0 amide bonds. The van der Waals surface area contributed by atoms with Crippen LogP contribution in [0.1, 0.15) is 25.1 Å². The fourth-order valence-corrected chi connectivity index (χ4v) is 4.06. The van der Waals surface area contributed by atoms with Crippen LogP contribution >= 0.6 is 0 Å². The lowest BCUT2D eigenvalue weighted by Crippen LogP contribution is -2.50. The zero-order valence-corrected chi connectivity index (χ0v) is 13.1. The molecule has 0 aliphatic carbocycles. The van der Waals surface area contributed by atoms with Gasteiger partial charge in [0.1, 0.15) is 0 Å². The minimum absolute atomic E-state index is 0.0792.